The Morgan fingerprint density at radius 3 is 2.15 bits per heavy atom. The lowest BCUT2D eigenvalue weighted by molar-refractivity contribution is -0.904. The quantitative estimate of drug-likeness (QED) is 0.804. The summed E-state index contributed by atoms with van der Waals surface area (Å²) in [6, 6.07) is 11.3. The van der Waals surface area contributed by atoms with Gasteiger partial charge in [-0.05, 0) is 43.7 Å². The van der Waals surface area contributed by atoms with E-state index in [4.69, 9.17) is 11.6 Å². The Hall–Kier alpha value is -1.34. The smallest absolute Gasteiger partial charge is 0.218 e. The van der Waals surface area contributed by atoms with E-state index in [2.05, 4.69) is 30.5 Å². The highest BCUT2D eigenvalue weighted by molar-refractivity contribution is 7.88. The lowest BCUT2D eigenvalue weighted by atomic mass is 10.2. The molecule has 26 heavy (non-hydrogen) atoms. The van der Waals surface area contributed by atoms with Crippen molar-refractivity contribution >= 4 is 21.6 Å². The first-order valence-corrected chi connectivity index (χ1v) is 11.0. The number of quaternary nitrogens is 1. The topological polar surface area (TPSA) is 46.8 Å². The largest absolute Gasteiger partial charge is 0.344 e. The Morgan fingerprint density at radius 2 is 1.58 bits per heavy atom. The van der Waals surface area contributed by atoms with E-state index in [0.29, 0.717) is 18.1 Å². The van der Waals surface area contributed by atoms with Crippen molar-refractivity contribution in [2.75, 3.05) is 32.7 Å². The van der Waals surface area contributed by atoms with Gasteiger partial charge in [0.25, 0.3) is 0 Å². The summed E-state index contributed by atoms with van der Waals surface area (Å²) in [6.07, 6.45) is 0. The minimum Gasteiger partial charge on any atom is -0.344 e. The Kier molecular flexibility index (Phi) is 6.07. The molecule has 1 fully saturated rings. The number of rotatable bonds is 6. The van der Waals surface area contributed by atoms with Gasteiger partial charge in [0.2, 0.25) is 10.0 Å². The van der Waals surface area contributed by atoms with Crippen molar-refractivity contribution in [1.29, 1.82) is 0 Å². The maximum atomic E-state index is 12.7. The number of hydrogen-bond donors (Lipinski definition) is 1. The predicted molar refractivity (Wildman–Crippen MR) is 105 cm³/mol. The molecule has 2 aromatic rings. The van der Waals surface area contributed by atoms with Gasteiger partial charge in [0, 0.05) is 16.4 Å². The fourth-order valence-corrected chi connectivity index (χ4v) is 5.20. The summed E-state index contributed by atoms with van der Waals surface area (Å²) >= 11 is 5.87. The average Bonchev–Trinajstić information content (AvgIpc) is 2.93. The SMILES string of the molecule is Cc1ccc(C)n1CC[NH+]1CCN(S(=O)(=O)Cc2ccc(Cl)cc2)CC1. The second-order valence-corrected chi connectivity index (χ2v) is 9.45. The van der Waals surface area contributed by atoms with E-state index in [0.717, 1.165) is 31.7 Å². The molecule has 0 amide bonds. The molecule has 1 aliphatic heterocycles. The number of hydrogen-bond acceptors (Lipinski definition) is 2. The molecule has 0 atom stereocenters. The monoisotopic (exact) mass is 396 g/mol. The van der Waals surface area contributed by atoms with Gasteiger partial charge >= 0.3 is 0 Å². The molecule has 0 bridgehead atoms. The van der Waals surface area contributed by atoms with Gasteiger partial charge < -0.3 is 9.47 Å². The highest BCUT2D eigenvalue weighted by atomic mass is 35.5. The molecule has 1 saturated heterocycles. The molecule has 0 saturated carbocycles. The van der Waals surface area contributed by atoms with Crippen LogP contribution in [0.25, 0.3) is 0 Å². The standard InChI is InChI=1S/C19H26ClN3O2S/c1-16-3-4-17(2)23(16)14-11-21-9-12-22(13-10-21)26(24,25)15-18-5-7-19(20)8-6-18/h3-8H,9-15H2,1-2H3/p+1. The van der Waals surface area contributed by atoms with E-state index in [-0.39, 0.29) is 5.75 Å². The Labute approximate surface area is 161 Å². The van der Waals surface area contributed by atoms with Crippen LogP contribution in [0.1, 0.15) is 17.0 Å². The van der Waals surface area contributed by atoms with Crippen LogP contribution in [0.3, 0.4) is 0 Å². The number of nitrogens with one attached hydrogen (secondary N) is 1. The van der Waals surface area contributed by atoms with E-state index in [9.17, 15) is 8.42 Å². The highest BCUT2D eigenvalue weighted by Crippen LogP contribution is 2.14. The van der Waals surface area contributed by atoms with Gasteiger partial charge in [0.15, 0.2) is 0 Å². The van der Waals surface area contributed by atoms with Crippen molar-refractivity contribution in [3.05, 3.63) is 58.4 Å². The summed E-state index contributed by atoms with van der Waals surface area (Å²) in [7, 11) is -3.27. The fourth-order valence-electron chi connectivity index (χ4n) is 3.54. The van der Waals surface area contributed by atoms with Crippen LogP contribution in [0, 0.1) is 13.8 Å². The van der Waals surface area contributed by atoms with Crippen molar-refractivity contribution < 1.29 is 13.3 Å². The van der Waals surface area contributed by atoms with Crippen molar-refractivity contribution in [2.24, 2.45) is 0 Å². The molecule has 0 aliphatic carbocycles. The predicted octanol–water partition coefficient (Wildman–Crippen LogP) is 1.49. The summed E-state index contributed by atoms with van der Waals surface area (Å²) in [5, 5.41) is 0.622. The maximum Gasteiger partial charge on any atom is 0.218 e. The molecule has 5 nitrogen and oxygen atoms in total. The van der Waals surface area contributed by atoms with Gasteiger partial charge in [-0.25, -0.2) is 8.42 Å². The summed E-state index contributed by atoms with van der Waals surface area (Å²) in [5.41, 5.74) is 3.35. The third-order valence-electron chi connectivity index (χ3n) is 5.19. The summed E-state index contributed by atoms with van der Waals surface area (Å²) < 4.78 is 29.3. The minimum absolute atomic E-state index is 0.0429. The number of halogens is 1. The van der Waals surface area contributed by atoms with Gasteiger partial charge in [0.1, 0.15) is 0 Å². The summed E-state index contributed by atoms with van der Waals surface area (Å²) in [6.45, 7) is 9.17. The molecule has 1 aliphatic rings. The second kappa shape index (κ2) is 8.13. The number of aromatic nitrogens is 1. The van der Waals surface area contributed by atoms with Crippen molar-refractivity contribution in [1.82, 2.24) is 8.87 Å². The van der Waals surface area contributed by atoms with Gasteiger partial charge in [-0.1, -0.05) is 23.7 Å². The van der Waals surface area contributed by atoms with Crippen LogP contribution in [0.15, 0.2) is 36.4 Å². The molecule has 1 aromatic carbocycles. The molecule has 0 unspecified atom stereocenters. The molecule has 0 radical (unpaired) electrons. The van der Waals surface area contributed by atoms with E-state index >= 15 is 0 Å². The van der Waals surface area contributed by atoms with Crippen LogP contribution in [0.2, 0.25) is 5.02 Å². The lowest BCUT2D eigenvalue weighted by Crippen LogP contribution is -3.15. The Balaban J connectivity index is 1.51. The number of nitrogens with zero attached hydrogens (tertiary/aromatic N) is 2. The van der Waals surface area contributed by atoms with Crippen LogP contribution in [0.4, 0.5) is 0 Å². The van der Waals surface area contributed by atoms with Crippen molar-refractivity contribution in [3.63, 3.8) is 0 Å². The highest BCUT2D eigenvalue weighted by Gasteiger charge is 2.29. The second-order valence-electron chi connectivity index (χ2n) is 7.05. The molecular weight excluding hydrogens is 370 g/mol. The van der Waals surface area contributed by atoms with Gasteiger partial charge in [0.05, 0.1) is 45.0 Å². The van der Waals surface area contributed by atoms with E-state index in [1.165, 1.54) is 16.3 Å². The van der Waals surface area contributed by atoms with Gasteiger partial charge in [-0.2, -0.15) is 4.31 Å². The summed E-state index contributed by atoms with van der Waals surface area (Å²) in [4.78, 5) is 1.47. The van der Waals surface area contributed by atoms with E-state index < -0.39 is 10.0 Å². The zero-order valence-corrected chi connectivity index (χ0v) is 17.0. The average molecular weight is 397 g/mol. The Bertz CT molecular complexity index is 819. The molecule has 1 N–H and O–H groups in total. The fraction of sp³-hybridized carbons (Fsp3) is 0.474. The first-order chi connectivity index (χ1) is 12.3. The van der Waals surface area contributed by atoms with Crippen LogP contribution >= 0.6 is 11.6 Å². The van der Waals surface area contributed by atoms with Crippen LogP contribution in [-0.4, -0.2) is 50.0 Å². The number of benzene rings is 1. The maximum absolute atomic E-state index is 12.7. The van der Waals surface area contributed by atoms with E-state index in [1.54, 1.807) is 28.6 Å². The number of aryl methyl sites for hydroxylation is 2. The first-order valence-electron chi connectivity index (χ1n) is 9.04. The molecule has 0 spiro atoms. The normalized spacial score (nSPS) is 16.9. The minimum atomic E-state index is -3.27. The lowest BCUT2D eigenvalue weighted by Gasteiger charge is -2.31. The van der Waals surface area contributed by atoms with Crippen molar-refractivity contribution in [2.45, 2.75) is 26.1 Å². The van der Waals surface area contributed by atoms with Crippen LogP contribution in [0.5, 0.6) is 0 Å². The number of sulfonamides is 1. The molecular formula is C19H27ClN3O2S+. The van der Waals surface area contributed by atoms with E-state index in [1.807, 2.05) is 0 Å². The Morgan fingerprint density at radius 1 is 1.00 bits per heavy atom. The molecule has 7 heteroatoms. The van der Waals surface area contributed by atoms with Gasteiger partial charge in [-0.3, -0.25) is 0 Å². The van der Waals surface area contributed by atoms with Crippen LogP contribution in [-0.2, 0) is 22.3 Å². The molecule has 2 heterocycles. The number of piperazine rings is 1. The molecule has 142 valence electrons. The van der Waals surface area contributed by atoms with Crippen LogP contribution < -0.4 is 4.90 Å². The third-order valence-corrected chi connectivity index (χ3v) is 7.29. The molecule has 1 aromatic heterocycles. The van der Waals surface area contributed by atoms with Crippen molar-refractivity contribution in [3.8, 4) is 0 Å². The van der Waals surface area contributed by atoms with Gasteiger partial charge in [-0.15, -0.1) is 0 Å². The zero-order valence-electron chi connectivity index (χ0n) is 15.4. The summed E-state index contributed by atoms with van der Waals surface area (Å²) in [5.74, 6) is 0.0429. The third kappa shape index (κ3) is 4.68. The first kappa shape index (κ1) is 19.4. The molecule has 3 rings (SSSR count). The zero-order chi connectivity index (χ0) is 18.7.